The molecule has 1 N–H and O–H groups in total. The minimum Gasteiger partial charge on any atom is -0.491 e. The van der Waals surface area contributed by atoms with Crippen molar-refractivity contribution in [2.24, 2.45) is 0 Å². The molecule has 1 heterocycles. The minimum absolute atomic E-state index is 0.0184. The number of hydrogen-bond acceptors (Lipinski definition) is 2. The standard InChI is InChI=1S/C15H20N2O2/c18-15(16-12-6-1-2-7-12)17-10-5-11-19-14-9-4-3-8-13(14)17/h3-4,8-9,12H,1-2,5-7,10-11H2,(H,16,18). The van der Waals surface area contributed by atoms with Gasteiger partial charge in [0.25, 0.3) is 0 Å². The van der Waals surface area contributed by atoms with Crippen LogP contribution in [0.4, 0.5) is 10.5 Å². The third kappa shape index (κ3) is 2.67. The van der Waals surface area contributed by atoms with E-state index >= 15 is 0 Å². The van der Waals surface area contributed by atoms with Crippen LogP contribution in [0, 0.1) is 0 Å². The summed E-state index contributed by atoms with van der Waals surface area (Å²) in [6.45, 7) is 1.39. The van der Waals surface area contributed by atoms with Crippen LogP contribution in [0.15, 0.2) is 24.3 Å². The Bertz CT molecular complexity index is 455. The number of benzene rings is 1. The van der Waals surface area contributed by atoms with Crippen molar-refractivity contribution in [2.45, 2.75) is 38.1 Å². The molecule has 2 amide bonds. The topological polar surface area (TPSA) is 41.6 Å². The zero-order chi connectivity index (χ0) is 13.1. The Morgan fingerprint density at radius 1 is 1.21 bits per heavy atom. The molecule has 1 aliphatic heterocycles. The first-order valence-electron chi connectivity index (χ1n) is 7.14. The van der Waals surface area contributed by atoms with E-state index < -0.39 is 0 Å². The highest BCUT2D eigenvalue weighted by atomic mass is 16.5. The molecule has 1 aliphatic carbocycles. The molecule has 0 bridgehead atoms. The number of nitrogens with one attached hydrogen (secondary N) is 1. The lowest BCUT2D eigenvalue weighted by molar-refractivity contribution is 0.242. The van der Waals surface area contributed by atoms with Crippen LogP contribution in [0.1, 0.15) is 32.1 Å². The number of para-hydroxylation sites is 2. The van der Waals surface area contributed by atoms with Gasteiger partial charge in [0.2, 0.25) is 0 Å². The molecule has 1 aromatic carbocycles. The average Bonchev–Trinajstić information content (AvgIpc) is 2.83. The van der Waals surface area contributed by atoms with Crippen molar-refractivity contribution in [3.8, 4) is 5.75 Å². The average molecular weight is 260 g/mol. The van der Waals surface area contributed by atoms with E-state index in [-0.39, 0.29) is 6.03 Å². The van der Waals surface area contributed by atoms with Crippen LogP contribution in [0.3, 0.4) is 0 Å². The molecule has 2 aliphatic rings. The monoisotopic (exact) mass is 260 g/mol. The Morgan fingerprint density at radius 2 is 2.00 bits per heavy atom. The van der Waals surface area contributed by atoms with Gasteiger partial charge < -0.3 is 10.1 Å². The lowest BCUT2D eigenvalue weighted by Crippen LogP contribution is -2.44. The van der Waals surface area contributed by atoms with Crippen molar-refractivity contribution in [1.82, 2.24) is 5.32 Å². The second-order valence-electron chi connectivity index (χ2n) is 5.25. The zero-order valence-electron chi connectivity index (χ0n) is 11.1. The van der Waals surface area contributed by atoms with Gasteiger partial charge in [0.15, 0.2) is 0 Å². The van der Waals surface area contributed by atoms with Gasteiger partial charge in [0.05, 0.1) is 12.3 Å². The second-order valence-corrected chi connectivity index (χ2v) is 5.25. The second kappa shape index (κ2) is 5.51. The molecule has 0 unspecified atom stereocenters. The van der Waals surface area contributed by atoms with Crippen molar-refractivity contribution in [2.75, 3.05) is 18.1 Å². The van der Waals surface area contributed by atoms with Crippen molar-refractivity contribution in [1.29, 1.82) is 0 Å². The fraction of sp³-hybridized carbons (Fsp3) is 0.533. The van der Waals surface area contributed by atoms with Gasteiger partial charge in [-0.3, -0.25) is 4.90 Å². The van der Waals surface area contributed by atoms with E-state index in [0.29, 0.717) is 12.6 Å². The van der Waals surface area contributed by atoms with E-state index in [2.05, 4.69) is 5.32 Å². The number of carbonyl (C=O) groups excluding carboxylic acids is 1. The summed E-state index contributed by atoms with van der Waals surface area (Å²) in [6.07, 6.45) is 5.54. The fourth-order valence-electron chi connectivity index (χ4n) is 2.86. The summed E-state index contributed by atoms with van der Waals surface area (Å²) in [5, 5.41) is 3.15. The highest BCUT2D eigenvalue weighted by Crippen LogP contribution is 2.30. The number of carbonyl (C=O) groups is 1. The largest absolute Gasteiger partial charge is 0.491 e. The number of hydrogen-bond donors (Lipinski definition) is 1. The number of rotatable bonds is 1. The summed E-state index contributed by atoms with van der Waals surface area (Å²) < 4.78 is 5.68. The van der Waals surface area contributed by atoms with E-state index in [1.165, 1.54) is 12.8 Å². The highest BCUT2D eigenvalue weighted by molar-refractivity contribution is 5.93. The maximum absolute atomic E-state index is 12.4. The number of amides is 2. The molecule has 0 spiro atoms. The van der Waals surface area contributed by atoms with Crippen LogP contribution in [0.5, 0.6) is 5.75 Å². The normalized spacial score (nSPS) is 19.5. The van der Waals surface area contributed by atoms with Crippen molar-refractivity contribution in [3.05, 3.63) is 24.3 Å². The molecule has 3 rings (SSSR count). The Hall–Kier alpha value is -1.71. The highest BCUT2D eigenvalue weighted by Gasteiger charge is 2.24. The number of ether oxygens (including phenoxy) is 1. The summed E-state index contributed by atoms with van der Waals surface area (Å²) in [5.41, 5.74) is 0.885. The Balaban J connectivity index is 1.77. The first kappa shape index (κ1) is 12.3. The third-order valence-electron chi connectivity index (χ3n) is 3.87. The summed E-state index contributed by atoms with van der Waals surface area (Å²) in [4.78, 5) is 14.2. The molecule has 0 radical (unpaired) electrons. The summed E-state index contributed by atoms with van der Waals surface area (Å²) in [7, 11) is 0. The summed E-state index contributed by atoms with van der Waals surface area (Å²) in [5.74, 6) is 0.807. The van der Waals surface area contributed by atoms with E-state index in [9.17, 15) is 4.79 Å². The molecule has 0 saturated heterocycles. The predicted octanol–water partition coefficient (Wildman–Crippen LogP) is 2.93. The molecular weight excluding hydrogens is 240 g/mol. The summed E-state index contributed by atoms with van der Waals surface area (Å²) >= 11 is 0. The van der Waals surface area contributed by atoms with Gasteiger partial charge in [-0.2, -0.15) is 0 Å². The first-order valence-corrected chi connectivity index (χ1v) is 7.14. The van der Waals surface area contributed by atoms with Crippen LogP contribution in [-0.4, -0.2) is 25.2 Å². The number of urea groups is 1. The third-order valence-corrected chi connectivity index (χ3v) is 3.87. The number of anilines is 1. The Kier molecular flexibility index (Phi) is 3.58. The fourth-order valence-corrected chi connectivity index (χ4v) is 2.86. The lowest BCUT2D eigenvalue weighted by atomic mass is 10.2. The van der Waals surface area contributed by atoms with Gasteiger partial charge in [-0.1, -0.05) is 25.0 Å². The quantitative estimate of drug-likeness (QED) is 0.843. The van der Waals surface area contributed by atoms with Gasteiger partial charge in [0, 0.05) is 12.6 Å². The number of nitrogens with zero attached hydrogens (tertiary/aromatic N) is 1. The van der Waals surface area contributed by atoms with Crippen molar-refractivity contribution < 1.29 is 9.53 Å². The van der Waals surface area contributed by atoms with Gasteiger partial charge in [0.1, 0.15) is 5.75 Å². The van der Waals surface area contributed by atoms with Gasteiger partial charge >= 0.3 is 6.03 Å². The van der Waals surface area contributed by atoms with Crippen molar-refractivity contribution in [3.63, 3.8) is 0 Å². The van der Waals surface area contributed by atoms with Gasteiger partial charge in [-0.05, 0) is 31.4 Å². The van der Waals surface area contributed by atoms with Gasteiger partial charge in [-0.25, -0.2) is 4.79 Å². The lowest BCUT2D eigenvalue weighted by Gasteiger charge is -2.24. The molecule has 0 atom stereocenters. The van der Waals surface area contributed by atoms with E-state index in [4.69, 9.17) is 4.74 Å². The molecule has 102 valence electrons. The van der Waals surface area contributed by atoms with E-state index in [1.54, 1.807) is 0 Å². The van der Waals surface area contributed by atoms with Gasteiger partial charge in [-0.15, -0.1) is 0 Å². The molecule has 4 heteroatoms. The molecule has 1 aromatic rings. The molecule has 1 saturated carbocycles. The Morgan fingerprint density at radius 3 is 2.84 bits per heavy atom. The predicted molar refractivity (Wildman–Crippen MR) is 74.7 cm³/mol. The van der Waals surface area contributed by atoms with Crippen LogP contribution in [0.25, 0.3) is 0 Å². The maximum Gasteiger partial charge on any atom is 0.322 e. The van der Waals surface area contributed by atoms with E-state index in [0.717, 1.165) is 37.2 Å². The van der Waals surface area contributed by atoms with Crippen LogP contribution in [0.2, 0.25) is 0 Å². The number of fused-ring (bicyclic) bond motifs is 1. The molecule has 1 fully saturated rings. The first-order chi connectivity index (χ1) is 9.34. The van der Waals surface area contributed by atoms with Crippen molar-refractivity contribution >= 4 is 11.7 Å². The smallest absolute Gasteiger partial charge is 0.322 e. The van der Waals surface area contributed by atoms with Crippen LogP contribution < -0.4 is 15.0 Å². The summed E-state index contributed by atoms with van der Waals surface area (Å²) in [6, 6.07) is 8.14. The SMILES string of the molecule is O=C(NC1CCCC1)N1CCCOc2ccccc21. The Labute approximate surface area is 113 Å². The van der Waals surface area contributed by atoms with E-state index in [1.807, 2.05) is 29.2 Å². The van der Waals surface area contributed by atoms with Crippen LogP contribution in [-0.2, 0) is 0 Å². The molecule has 19 heavy (non-hydrogen) atoms. The van der Waals surface area contributed by atoms with Crippen LogP contribution >= 0.6 is 0 Å². The maximum atomic E-state index is 12.4. The molecule has 4 nitrogen and oxygen atoms in total. The molecule has 0 aromatic heterocycles. The molecular formula is C15H20N2O2. The zero-order valence-corrected chi connectivity index (χ0v) is 11.1. The minimum atomic E-state index is 0.0184.